The fourth-order valence-corrected chi connectivity index (χ4v) is 4.44. The van der Waals surface area contributed by atoms with Crippen LogP contribution in [0, 0.1) is 11.8 Å². The van der Waals surface area contributed by atoms with E-state index in [0.717, 1.165) is 25.0 Å². The molecule has 0 aliphatic rings. The van der Waals surface area contributed by atoms with Crippen molar-refractivity contribution in [2.45, 2.75) is 169 Å². The van der Waals surface area contributed by atoms with Gasteiger partial charge in [0.1, 0.15) is 0 Å². The maximum absolute atomic E-state index is 5.83. The van der Waals surface area contributed by atoms with Gasteiger partial charge in [-0.1, -0.05) is 156 Å². The first-order valence-corrected chi connectivity index (χ1v) is 14.7. The number of ether oxygens (including phenoxy) is 1. The van der Waals surface area contributed by atoms with Crippen LogP contribution in [0.15, 0.2) is 0 Å². The first-order chi connectivity index (χ1) is 15.1. The summed E-state index contributed by atoms with van der Waals surface area (Å²) in [4.78, 5) is 0. The quantitative estimate of drug-likeness (QED) is 0.122. The second kappa shape index (κ2) is 26.2. The van der Waals surface area contributed by atoms with Gasteiger partial charge in [0.05, 0.1) is 0 Å². The summed E-state index contributed by atoms with van der Waals surface area (Å²) in [6.07, 6.45) is 31.2. The molecule has 0 fully saturated rings. The Labute approximate surface area is 198 Å². The number of hydrogen-bond acceptors (Lipinski definition) is 1. The Morgan fingerprint density at radius 1 is 0.323 bits per heavy atom. The molecule has 0 heterocycles. The van der Waals surface area contributed by atoms with E-state index in [-0.39, 0.29) is 0 Å². The van der Waals surface area contributed by atoms with Gasteiger partial charge in [-0.05, 0) is 24.7 Å². The lowest BCUT2D eigenvalue weighted by atomic mass is 10.0. The summed E-state index contributed by atoms with van der Waals surface area (Å²) < 4.78 is 5.83. The van der Waals surface area contributed by atoms with Gasteiger partial charge in [-0.25, -0.2) is 0 Å². The van der Waals surface area contributed by atoms with Crippen molar-refractivity contribution < 1.29 is 4.74 Å². The summed E-state index contributed by atoms with van der Waals surface area (Å²) in [5.74, 6) is 1.77. The molecular formula is C30H62O. The molecule has 0 rings (SSSR count). The van der Waals surface area contributed by atoms with E-state index in [0.29, 0.717) is 0 Å². The largest absolute Gasteiger partial charge is 0.381 e. The van der Waals surface area contributed by atoms with Crippen LogP contribution < -0.4 is 0 Å². The Morgan fingerprint density at radius 2 is 0.548 bits per heavy atom. The molecule has 0 atom stereocenters. The minimum absolute atomic E-state index is 0.887. The van der Waals surface area contributed by atoms with E-state index in [1.165, 1.54) is 141 Å². The van der Waals surface area contributed by atoms with Gasteiger partial charge in [0.25, 0.3) is 0 Å². The van der Waals surface area contributed by atoms with Gasteiger partial charge in [-0.2, -0.15) is 0 Å². The van der Waals surface area contributed by atoms with Gasteiger partial charge >= 0.3 is 0 Å². The van der Waals surface area contributed by atoms with E-state index in [1.807, 2.05) is 0 Å². The fraction of sp³-hybridized carbons (Fsp3) is 1.00. The molecule has 188 valence electrons. The third-order valence-electron chi connectivity index (χ3n) is 6.64. The van der Waals surface area contributed by atoms with Crippen LogP contribution in [0.2, 0.25) is 0 Å². The van der Waals surface area contributed by atoms with Gasteiger partial charge in [0.2, 0.25) is 0 Å². The average molecular weight is 439 g/mol. The fourth-order valence-electron chi connectivity index (χ4n) is 4.44. The molecule has 0 saturated carbocycles. The van der Waals surface area contributed by atoms with Crippen LogP contribution in [0.3, 0.4) is 0 Å². The molecule has 0 unspecified atom stereocenters. The van der Waals surface area contributed by atoms with Gasteiger partial charge in [0, 0.05) is 13.2 Å². The van der Waals surface area contributed by atoms with Crippen molar-refractivity contribution in [1.29, 1.82) is 0 Å². The van der Waals surface area contributed by atoms with E-state index in [1.54, 1.807) is 0 Å². The molecule has 0 aliphatic carbocycles. The smallest absolute Gasteiger partial charge is 0.0466 e. The highest BCUT2D eigenvalue weighted by Gasteiger charge is 1.97. The van der Waals surface area contributed by atoms with Crippen LogP contribution in [0.25, 0.3) is 0 Å². The SMILES string of the molecule is CC(C)CCCCCCCCCCCCOCCCCCCCCCCCCC(C)C. The lowest BCUT2D eigenvalue weighted by Gasteiger charge is -2.06. The number of unbranched alkanes of at least 4 members (excludes halogenated alkanes) is 18. The third-order valence-corrected chi connectivity index (χ3v) is 6.64. The molecule has 0 bridgehead atoms. The van der Waals surface area contributed by atoms with Crippen molar-refractivity contribution in [2.24, 2.45) is 11.8 Å². The zero-order valence-corrected chi connectivity index (χ0v) is 22.5. The molecule has 0 aromatic carbocycles. The Kier molecular flexibility index (Phi) is 26.2. The Hall–Kier alpha value is -0.0400. The van der Waals surface area contributed by atoms with E-state index in [2.05, 4.69) is 27.7 Å². The second-order valence-electron chi connectivity index (χ2n) is 11.0. The van der Waals surface area contributed by atoms with Crippen molar-refractivity contribution in [3.05, 3.63) is 0 Å². The molecule has 0 aromatic heterocycles. The molecule has 0 N–H and O–H groups in total. The summed E-state index contributed by atoms with van der Waals surface area (Å²) in [6.45, 7) is 11.3. The topological polar surface area (TPSA) is 9.23 Å². The minimum Gasteiger partial charge on any atom is -0.381 e. The molecule has 0 amide bonds. The molecule has 0 radical (unpaired) electrons. The third kappa shape index (κ3) is 30.0. The lowest BCUT2D eigenvalue weighted by Crippen LogP contribution is -1.97. The van der Waals surface area contributed by atoms with Crippen molar-refractivity contribution in [1.82, 2.24) is 0 Å². The van der Waals surface area contributed by atoms with E-state index in [9.17, 15) is 0 Å². The van der Waals surface area contributed by atoms with Crippen LogP contribution in [0.5, 0.6) is 0 Å². The summed E-state index contributed by atoms with van der Waals surface area (Å²) in [5.41, 5.74) is 0. The standard InChI is InChI=1S/C30H62O/c1-29(2)25-21-17-13-9-5-7-11-15-19-23-27-31-28-24-20-16-12-8-6-10-14-18-22-26-30(3)4/h29-30H,5-28H2,1-4H3. The van der Waals surface area contributed by atoms with Crippen molar-refractivity contribution in [2.75, 3.05) is 13.2 Å². The highest BCUT2D eigenvalue weighted by atomic mass is 16.5. The second-order valence-corrected chi connectivity index (χ2v) is 11.0. The monoisotopic (exact) mass is 438 g/mol. The zero-order chi connectivity index (χ0) is 22.8. The predicted molar refractivity (Wildman–Crippen MR) is 142 cm³/mol. The van der Waals surface area contributed by atoms with Crippen LogP contribution in [0.1, 0.15) is 169 Å². The van der Waals surface area contributed by atoms with Gasteiger partial charge in [0.15, 0.2) is 0 Å². The van der Waals surface area contributed by atoms with Gasteiger partial charge < -0.3 is 4.74 Å². The summed E-state index contributed by atoms with van der Waals surface area (Å²) in [5, 5.41) is 0. The van der Waals surface area contributed by atoms with E-state index < -0.39 is 0 Å². The molecule has 1 nitrogen and oxygen atoms in total. The van der Waals surface area contributed by atoms with Crippen molar-refractivity contribution >= 4 is 0 Å². The first kappa shape index (κ1) is 31.0. The Balaban J connectivity index is 3.01. The highest BCUT2D eigenvalue weighted by Crippen LogP contribution is 2.15. The van der Waals surface area contributed by atoms with Crippen LogP contribution >= 0.6 is 0 Å². The van der Waals surface area contributed by atoms with Gasteiger partial charge in [-0.3, -0.25) is 0 Å². The zero-order valence-electron chi connectivity index (χ0n) is 22.5. The molecular weight excluding hydrogens is 376 g/mol. The molecule has 31 heavy (non-hydrogen) atoms. The van der Waals surface area contributed by atoms with E-state index >= 15 is 0 Å². The summed E-state index contributed by atoms with van der Waals surface area (Å²) in [7, 11) is 0. The normalized spacial score (nSPS) is 11.8. The molecule has 0 aliphatic heterocycles. The van der Waals surface area contributed by atoms with Crippen LogP contribution in [-0.4, -0.2) is 13.2 Å². The molecule has 1 heteroatoms. The molecule has 0 aromatic rings. The predicted octanol–water partition coefficient (Wildman–Crippen LogP) is 10.9. The maximum atomic E-state index is 5.83. The minimum atomic E-state index is 0.887. The maximum Gasteiger partial charge on any atom is 0.0466 e. The van der Waals surface area contributed by atoms with E-state index in [4.69, 9.17) is 4.74 Å². The Bertz CT molecular complexity index is 280. The summed E-state index contributed by atoms with van der Waals surface area (Å²) >= 11 is 0. The number of hydrogen-bond donors (Lipinski definition) is 0. The lowest BCUT2D eigenvalue weighted by molar-refractivity contribution is 0.125. The van der Waals surface area contributed by atoms with Crippen molar-refractivity contribution in [3.63, 3.8) is 0 Å². The van der Waals surface area contributed by atoms with Crippen LogP contribution in [0.4, 0.5) is 0 Å². The van der Waals surface area contributed by atoms with Gasteiger partial charge in [-0.15, -0.1) is 0 Å². The average Bonchev–Trinajstić information content (AvgIpc) is 2.73. The highest BCUT2D eigenvalue weighted by molar-refractivity contribution is 4.52. The molecule has 0 saturated heterocycles. The summed E-state index contributed by atoms with van der Waals surface area (Å²) in [6, 6.07) is 0. The number of rotatable bonds is 26. The molecule has 0 spiro atoms. The first-order valence-electron chi connectivity index (χ1n) is 14.7. The Morgan fingerprint density at radius 3 is 0.806 bits per heavy atom. The van der Waals surface area contributed by atoms with Crippen LogP contribution in [-0.2, 0) is 4.74 Å². The van der Waals surface area contributed by atoms with Crippen molar-refractivity contribution in [3.8, 4) is 0 Å².